The molecular weight excluding hydrogens is 379 g/mol. The second kappa shape index (κ2) is 7.65. The molecule has 26 heavy (non-hydrogen) atoms. The molecule has 1 aliphatic heterocycles. The molecule has 138 valence electrons. The third kappa shape index (κ3) is 4.00. The number of aryl methyl sites for hydroxylation is 1. The summed E-state index contributed by atoms with van der Waals surface area (Å²) in [4.78, 5) is 27.7. The predicted octanol–water partition coefficient (Wildman–Crippen LogP) is 2.38. The second-order valence-corrected chi connectivity index (χ2v) is 7.00. The number of carboxylic acid groups (broad SMARTS) is 1. The van der Waals surface area contributed by atoms with Crippen LogP contribution in [0.4, 0.5) is 0 Å². The van der Waals surface area contributed by atoms with Crippen molar-refractivity contribution in [3.8, 4) is 0 Å². The first-order valence-electron chi connectivity index (χ1n) is 8.07. The van der Waals surface area contributed by atoms with E-state index >= 15 is 0 Å². The van der Waals surface area contributed by atoms with Gasteiger partial charge in [0.05, 0.1) is 10.0 Å². The van der Waals surface area contributed by atoms with Crippen molar-refractivity contribution < 1.29 is 14.7 Å². The van der Waals surface area contributed by atoms with Crippen LogP contribution in [-0.2, 0) is 13.6 Å². The lowest BCUT2D eigenvalue weighted by atomic mass is 10.2. The van der Waals surface area contributed by atoms with Crippen LogP contribution in [0.5, 0.6) is 0 Å². The fourth-order valence-corrected chi connectivity index (χ4v) is 3.28. The van der Waals surface area contributed by atoms with E-state index in [0.29, 0.717) is 42.8 Å². The Morgan fingerprint density at radius 1 is 1.15 bits per heavy atom. The molecule has 0 atom stereocenters. The van der Waals surface area contributed by atoms with Crippen LogP contribution in [0.1, 0.15) is 26.4 Å². The molecule has 2 heterocycles. The number of halogens is 2. The van der Waals surface area contributed by atoms with Crippen LogP contribution < -0.4 is 0 Å². The molecule has 1 aliphatic rings. The first kappa shape index (κ1) is 18.7. The van der Waals surface area contributed by atoms with Crippen molar-refractivity contribution in [1.29, 1.82) is 0 Å². The summed E-state index contributed by atoms with van der Waals surface area (Å²) in [5, 5.41) is 14.3. The molecule has 3 rings (SSSR count). The lowest BCUT2D eigenvalue weighted by Crippen LogP contribution is -2.48. The number of aromatic carboxylic acids is 1. The smallest absolute Gasteiger partial charge is 0.339 e. The number of piperazine rings is 1. The van der Waals surface area contributed by atoms with Crippen molar-refractivity contribution in [2.24, 2.45) is 7.05 Å². The zero-order valence-electron chi connectivity index (χ0n) is 14.2. The highest BCUT2D eigenvalue weighted by Gasteiger charge is 2.28. The van der Waals surface area contributed by atoms with Crippen LogP contribution in [0.3, 0.4) is 0 Å². The van der Waals surface area contributed by atoms with Crippen LogP contribution in [0.25, 0.3) is 0 Å². The number of carbonyl (C=O) groups is 2. The summed E-state index contributed by atoms with van der Waals surface area (Å²) in [7, 11) is 1.60. The number of aromatic nitrogens is 2. The van der Waals surface area contributed by atoms with E-state index in [4.69, 9.17) is 23.2 Å². The van der Waals surface area contributed by atoms with Crippen LogP contribution in [-0.4, -0.2) is 62.7 Å². The number of carbonyl (C=O) groups excluding carboxylic acids is 1. The minimum atomic E-state index is -1.15. The molecule has 1 aromatic carbocycles. The molecule has 9 heteroatoms. The third-order valence-corrected chi connectivity index (χ3v) is 5.05. The van der Waals surface area contributed by atoms with E-state index in [0.717, 1.165) is 5.56 Å². The quantitative estimate of drug-likeness (QED) is 0.857. The van der Waals surface area contributed by atoms with Gasteiger partial charge in [0.25, 0.3) is 5.91 Å². The SMILES string of the molecule is Cn1cc(C(=O)O)c(C(=O)N2CCN(Cc3ccc(Cl)c(Cl)c3)CC2)n1. The molecule has 1 fully saturated rings. The highest BCUT2D eigenvalue weighted by molar-refractivity contribution is 6.42. The lowest BCUT2D eigenvalue weighted by molar-refractivity contribution is 0.0604. The summed E-state index contributed by atoms with van der Waals surface area (Å²) >= 11 is 12.0. The van der Waals surface area contributed by atoms with E-state index in [1.165, 1.54) is 10.9 Å². The summed E-state index contributed by atoms with van der Waals surface area (Å²) in [5.41, 5.74) is 0.964. The second-order valence-electron chi connectivity index (χ2n) is 6.19. The summed E-state index contributed by atoms with van der Waals surface area (Å²) in [5.74, 6) is -1.50. The van der Waals surface area contributed by atoms with Gasteiger partial charge in [0, 0.05) is 46.0 Å². The lowest BCUT2D eigenvalue weighted by Gasteiger charge is -2.34. The van der Waals surface area contributed by atoms with Crippen molar-refractivity contribution >= 4 is 35.1 Å². The van der Waals surface area contributed by atoms with E-state index < -0.39 is 5.97 Å². The van der Waals surface area contributed by atoms with E-state index in [1.807, 2.05) is 12.1 Å². The maximum atomic E-state index is 12.6. The summed E-state index contributed by atoms with van der Waals surface area (Å²) in [6.45, 7) is 3.09. The molecule has 0 saturated carbocycles. The Kier molecular flexibility index (Phi) is 5.50. The molecule has 0 aliphatic carbocycles. The Hall–Kier alpha value is -2.09. The number of hydrogen-bond donors (Lipinski definition) is 1. The van der Waals surface area contributed by atoms with Crippen molar-refractivity contribution in [3.05, 3.63) is 51.3 Å². The number of rotatable bonds is 4. The molecule has 0 unspecified atom stereocenters. The zero-order chi connectivity index (χ0) is 18.8. The van der Waals surface area contributed by atoms with Crippen molar-refractivity contribution in [2.75, 3.05) is 26.2 Å². The van der Waals surface area contributed by atoms with Gasteiger partial charge in [-0.2, -0.15) is 5.10 Å². The third-order valence-electron chi connectivity index (χ3n) is 4.31. The highest BCUT2D eigenvalue weighted by Crippen LogP contribution is 2.23. The molecule has 7 nitrogen and oxygen atoms in total. The van der Waals surface area contributed by atoms with Crippen LogP contribution in [0, 0.1) is 0 Å². The van der Waals surface area contributed by atoms with Gasteiger partial charge in [0.15, 0.2) is 5.69 Å². The number of benzene rings is 1. The summed E-state index contributed by atoms with van der Waals surface area (Å²) < 4.78 is 1.34. The first-order valence-corrected chi connectivity index (χ1v) is 8.83. The monoisotopic (exact) mass is 396 g/mol. The van der Waals surface area contributed by atoms with Crippen LogP contribution >= 0.6 is 23.2 Å². The Bertz CT molecular complexity index is 845. The van der Waals surface area contributed by atoms with E-state index in [-0.39, 0.29) is 17.2 Å². The van der Waals surface area contributed by atoms with Gasteiger partial charge < -0.3 is 10.0 Å². The highest BCUT2D eigenvalue weighted by atomic mass is 35.5. The average molecular weight is 397 g/mol. The maximum absolute atomic E-state index is 12.6. The van der Waals surface area contributed by atoms with E-state index in [9.17, 15) is 14.7 Å². The summed E-state index contributed by atoms with van der Waals surface area (Å²) in [6.07, 6.45) is 1.34. The van der Waals surface area contributed by atoms with Crippen molar-refractivity contribution in [2.45, 2.75) is 6.54 Å². The standard InChI is InChI=1S/C17H18Cl2N4O3/c1-21-10-12(17(25)26)15(20-21)16(24)23-6-4-22(5-7-23)9-11-2-3-13(18)14(19)8-11/h2-3,8,10H,4-7,9H2,1H3,(H,25,26). The molecule has 0 bridgehead atoms. The van der Waals surface area contributed by atoms with Gasteiger partial charge in [0.1, 0.15) is 5.56 Å². The van der Waals surface area contributed by atoms with Gasteiger partial charge in [-0.1, -0.05) is 29.3 Å². The Morgan fingerprint density at radius 3 is 2.46 bits per heavy atom. The Balaban J connectivity index is 1.62. The van der Waals surface area contributed by atoms with Gasteiger partial charge in [-0.05, 0) is 17.7 Å². The predicted molar refractivity (Wildman–Crippen MR) is 97.8 cm³/mol. The summed E-state index contributed by atoms with van der Waals surface area (Å²) in [6, 6.07) is 5.54. The number of hydrogen-bond acceptors (Lipinski definition) is 4. The minimum absolute atomic E-state index is 0.0158. The Morgan fingerprint density at radius 2 is 1.85 bits per heavy atom. The van der Waals surface area contributed by atoms with E-state index in [2.05, 4.69) is 10.00 Å². The molecule has 1 aromatic heterocycles. The molecule has 1 amide bonds. The van der Waals surface area contributed by atoms with Crippen LogP contribution in [0.2, 0.25) is 10.0 Å². The molecule has 1 N–H and O–H groups in total. The molecule has 2 aromatic rings. The van der Waals surface area contributed by atoms with Crippen molar-refractivity contribution in [3.63, 3.8) is 0 Å². The van der Waals surface area contributed by atoms with Gasteiger partial charge in [-0.25, -0.2) is 4.79 Å². The number of amides is 1. The average Bonchev–Trinajstić information content (AvgIpc) is 3.00. The number of nitrogens with zero attached hydrogens (tertiary/aromatic N) is 4. The normalized spacial score (nSPS) is 15.3. The molecule has 1 saturated heterocycles. The number of carboxylic acids is 1. The Labute approximate surface area is 160 Å². The molecule has 0 radical (unpaired) electrons. The van der Waals surface area contributed by atoms with Gasteiger partial charge in [-0.15, -0.1) is 0 Å². The van der Waals surface area contributed by atoms with Gasteiger partial charge in [-0.3, -0.25) is 14.4 Å². The molecule has 0 spiro atoms. The van der Waals surface area contributed by atoms with Gasteiger partial charge in [0.2, 0.25) is 0 Å². The topological polar surface area (TPSA) is 78.7 Å². The first-order chi connectivity index (χ1) is 12.3. The van der Waals surface area contributed by atoms with Gasteiger partial charge >= 0.3 is 5.97 Å². The maximum Gasteiger partial charge on any atom is 0.339 e. The minimum Gasteiger partial charge on any atom is -0.478 e. The fraction of sp³-hybridized carbons (Fsp3) is 0.353. The van der Waals surface area contributed by atoms with Crippen molar-refractivity contribution in [1.82, 2.24) is 19.6 Å². The largest absolute Gasteiger partial charge is 0.478 e. The molecular formula is C17H18Cl2N4O3. The van der Waals surface area contributed by atoms with Crippen LogP contribution in [0.15, 0.2) is 24.4 Å². The zero-order valence-corrected chi connectivity index (χ0v) is 15.7. The fourth-order valence-electron chi connectivity index (χ4n) is 2.96. The van der Waals surface area contributed by atoms with E-state index in [1.54, 1.807) is 18.0 Å².